The molecule has 24 heavy (non-hydrogen) atoms. The largest absolute Gasteiger partial charge is 0.491 e. The molecule has 1 aliphatic rings. The molecule has 0 aromatic heterocycles. The molecule has 0 bridgehead atoms. The Morgan fingerprint density at radius 1 is 1.04 bits per heavy atom. The zero-order valence-corrected chi connectivity index (χ0v) is 14.2. The standard InChI is InChI=1S/C16H26N2O6/c1-17-16(13-18-9-3-4-10-18)14-5-7-15(8-6-14)20-11-12-21-23-24-22-19-2/h5-8,16-17H,3-4,9-13H2,1-2H3. The number of likely N-dealkylation sites (tertiary alicyclic amines) is 1. The van der Waals surface area contributed by atoms with Crippen molar-refractivity contribution < 1.29 is 29.6 Å². The van der Waals surface area contributed by atoms with Gasteiger partial charge in [0.05, 0.1) is 7.11 Å². The minimum absolute atomic E-state index is 0.183. The van der Waals surface area contributed by atoms with Gasteiger partial charge in [-0.25, -0.2) is 9.78 Å². The Hall–Kier alpha value is -1.26. The first-order chi connectivity index (χ1) is 11.8. The Balaban J connectivity index is 1.69. The van der Waals surface area contributed by atoms with E-state index in [1.165, 1.54) is 38.6 Å². The number of nitrogens with one attached hydrogen (secondary N) is 1. The number of likely N-dealkylation sites (N-methyl/N-ethyl adjacent to an activating group) is 1. The van der Waals surface area contributed by atoms with Gasteiger partial charge in [-0.3, -0.25) is 0 Å². The third kappa shape index (κ3) is 6.70. The monoisotopic (exact) mass is 342 g/mol. The normalized spacial score (nSPS) is 16.4. The van der Waals surface area contributed by atoms with Crippen LogP contribution in [0.1, 0.15) is 24.4 Å². The Morgan fingerprint density at radius 3 is 2.46 bits per heavy atom. The van der Waals surface area contributed by atoms with Crippen molar-refractivity contribution in [2.75, 3.05) is 47.0 Å². The Kier molecular flexibility index (Phi) is 9.00. The van der Waals surface area contributed by atoms with Crippen molar-refractivity contribution in [3.05, 3.63) is 29.8 Å². The molecule has 0 spiro atoms. The van der Waals surface area contributed by atoms with Crippen LogP contribution in [-0.4, -0.2) is 51.9 Å². The van der Waals surface area contributed by atoms with Crippen LogP contribution in [0, 0.1) is 0 Å². The number of hydrogen-bond acceptors (Lipinski definition) is 8. The first kappa shape index (κ1) is 19.1. The molecule has 8 nitrogen and oxygen atoms in total. The minimum atomic E-state index is 0.183. The summed E-state index contributed by atoms with van der Waals surface area (Å²) in [6, 6.07) is 8.40. The van der Waals surface area contributed by atoms with Crippen LogP contribution in [-0.2, 0) is 24.9 Å². The van der Waals surface area contributed by atoms with Crippen molar-refractivity contribution in [3.8, 4) is 5.75 Å². The fraction of sp³-hybridized carbons (Fsp3) is 0.625. The average molecular weight is 342 g/mol. The van der Waals surface area contributed by atoms with Gasteiger partial charge in [0.1, 0.15) is 19.0 Å². The molecule has 0 radical (unpaired) electrons. The summed E-state index contributed by atoms with van der Waals surface area (Å²) in [7, 11) is 3.28. The Labute approximate surface area is 142 Å². The van der Waals surface area contributed by atoms with Crippen LogP contribution >= 0.6 is 0 Å². The lowest BCUT2D eigenvalue weighted by atomic mass is 10.1. The van der Waals surface area contributed by atoms with E-state index in [4.69, 9.17) is 4.74 Å². The second kappa shape index (κ2) is 11.3. The van der Waals surface area contributed by atoms with E-state index in [-0.39, 0.29) is 6.61 Å². The SMILES string of the molecule is CNC(CN1CCCC1)c1ccc(OCCOOOOOC)cc1. The highest BCUT2D eigenvalue weighted by Gasteiger charge is 2.17. The first-order valence-corrected chi connectivity index (χ1v) is 8.11. The molecule has 1 aliphatic heterocycles. The zero-order chi connectivity index (χ0) is 17.0. The molecule has 1 unspecified atom stereocenters. The molecule has 1 heterocycles. The predicted octanol–water partition coefficient (Wildman–Crippen LogP) is 1.79. The van der Waals surface area contributed by atoms with Gasteiger partial charge in [-0.2, -0.15) is 0 Å². The summed E-state index contributed by atoms with van der Waals surface area (Å²) in [5.41, 5.74) is 1.25. The van der Waals surface area contributed by atoms with Crippen molar-refractivity contribution in [1.29, 1.82) is 0 Å². The van der Waals surface area contributed by atoms with Crippen LogP contribution in [0.5, 0.6) is 5.75 Å². The molecule has 1 fully saturated rings. The third-order valence-electron chi connectivity index (χ3n) is 3.88. The van der Waals surface area contributed by atoms with E-state index in [0.29, 0.717) is 12.6 Å². The van der Waals surface area contributed by atoms with Crippen molar-refractivity contribution in [3.63, 3.8) is 0 Å². The summed E-state index contributed by atoms with van der Waals surface area (Å²) in [6.07, 6.45) is 2.61. The molecular formula is C16H26N2O6. The lowest BCUT2D eigenvalue weighted by molar-refractivity contribution is -0.705. The van der Waals surface area contributed by atoms with Crippen LogP contribution < -0.4 is 10.1 Å². The van der Waals surface area contributed by atoms with Crippen LogP contribution in [0.25, 0.3) is 0 Å². The summed E-state index contributed by atoms with van der Waals surface area (Å²) in [5, 5.41) is 15.6. The molecular weight excluding hydrogens is 316 g/mol. The number of benzene rings is 1. The topological polar surface area (TPSA) is 70.7 Å². The van der Waals surface area contributed by atoms with Crippen molar-refractivity contribution >= 4 is 0 Å². The Morgan fingerprint density at radius 2 is 1.79 bits per heavy atom. The molecule has 2 rings (SSSR count). The van der Waals surface area contributed by atoms with Gasteiger partial charge in [0, 0.05) is 12.6 Å². The summed E-state index contributed by atoms with van der Waals surface area (Å²) in [6.45, 7) is 3.93. The van der Waals surface area contributed by atoms with Gasteiger partial charge >= 0.3 is 0 Å². The molecule has 1 atom stereocenters. The van der Waals surface area contributed by atoms with E-state index in [1.54, 1.807) is 0 Å². The second-order valence-electron chi connectivity index (χ2n) is 5.46. The Bertz CT molecular complexity index is 439. The number of nitrogens with zero attached hydrogens (tertiary/aromatic N) is 1. The minimum Gasteiger partial charge on any atom is -0.491 e. The molecule has 0 aliphatic carbocycles. The van der Waals surface area contributed by atoms with Gasteiger partial charge in [-0.1, -0.05) is 12.1 Å². The maximum Gasteiger partial charge on any atom is 0.119 e. The highest BCUT2D eigenvalue weighted by atomic mass is 17.8. The predicted molar refractivity (Wildman–Crippen MR) is 85.6 cm³/mol. The van der Waals surface area contributed by atoms with E-state index in [0.717, 1.165) is 12.3 Å². The molecule has 1 aromatic carbocycles. The highest BCUT2D eigenvalue weighted by Crippen LogP contribution is 2.20. The highest BCUT2D eigenvalue weighted by molar-refractivity contribution is 5.29. The van der Waals surface area contributed by atoms with E-state index < -0.39 is 0 Å². The fourth-order valence-corrected chi connectivity index (χ4v) is 2.67. The maximum atomic E-state index is 5.55. The summed E-state index contributed by atoms with van der Waals surface area (Å²) in [4.78, 5) is 11.3. The summed E-state index contributed by atoms with van der Waals surface area (Å²) >= 11 is 0. The lowest BCUT2D eigenvalue weighted by Crippen LogP contribution is -2.31. The van der Waals surface area contributed by atoms with Crippen molar-refractivity contribution in [2.24, 2.45) is 0 Å². The molecule has 1 aromatic rings. The fourth-order valence-electron chi connectivity index (χ4n) is 2.67. The summed E-state index contributed by atoms with van der Waals surface area (Å²) < 4.78 is 5.55. The number of rotatable bonds is 12. The summed E-state index contributed by atoms with van der Waals surface area (Å²) in [5.74, 6) is 0.771. The van der Waals surface area contributed by atoms with E-state index in [1.807, 2.05) is 19.2 Å². The van der Waals surface area contributed by atoms with Crippen molar-refractivity contribution in [1.82, 2.24) is 10.2 Å². The van der Waals surface area contributed by atoms with Crippen LogP contribution in [0.3, 0.4) is 0 Å². The molecule has 136 valence electrons. The molecule has 8 heteroatoms. The molecule has 1 saturated heterocycles. The van der Waals surface area contributed by atoms with Gasteiger partial charge in [-0.05, 0) is 65.8 Å². The molecule has 0 amide bonds. The van der Waals surface area contributed by atoms with Crippen molar-refractivity contribution in [2.45, 2.75) is 18.9 Å². The van der Waals surface area contributed by atoms with Gasteiger partial charge < -0.3 is 15.0 Å². The zero-order valence-electron chi connectivity index (χ0n) is 14.2. The van der Waals surface area contributed by atoms with Gasteiger partial charge in [0.25, 0.3) is 0 Å². The first-order valence-electron chi connectivity index (χ1n) is 8.11. The number of ether oxygens (including phenoxy) is 1. The average Bonchev–Trinajstić information content (AvgIpc) is 3.13. The van der Waals surface area contributed by atoms with Crippen LogP contribution in [0.15, 0.2) is 24.3 Å². The van der Waals surface area contributed by atoms with Crippen LogP contribution in [0.2, 0.25) is 0 Å². The van der Waals surface area contributed by atoms with Gasteiger partial charge in [0.2, 0.25) is 0 Å². The number of hydrogen-bond donors (Lipinski definition) is 1. The van der Waals surface area contributed by atoms with Gasteiger partial charge in [0.15, 0.2) is 0 Å². The lowest BCUT2D eigenvalue weighted by Gasteiger charge is -2.23. The van der Waals surface area contributed by atoms with Crippen LogP contribution in [0.4, 0.5) is 0 Å². The van der Waals surface area contributed by atoms with E-state index >= 15 is 0 Å². The second-order valence-corrected chi connectivity index (χ2v) is 5.46. The van der Waals surface area contributed by atoms with Gasteiger partial charge in [-0.15, -0.1) is 0 Å². The van der Waals surface area contributed by atoms with E-state index in [2.05, 4.69) is 47.2 Å². The smallest absolute Gasteiger partial charge is 0.119 e. The van der Waals surface area contributed by atoms with E-state index in [9.17, 15) is 0 Å². The molecule has 0 saturated carbocycles. The third-order valence-corrected chi connectivity index (χ3v) is 3.88. The quantitative estimate of drug-likeness (QED) is 0.350. The molecule has 1 N–H and O–H groups in total. The maximum absolute atomic E-state index is 5.55.